The molecule has 1 aromatic rings. The predicted octanol–water partition coefficient (Wildman–Crippen LogP) is 2.48. The third-order valence-corrected chi connectivity index (χ3v) is 3.29. The van der Waals surface area contributed by atoms with E-state index in [2.05, 4.69) is 57.8 Å². The normalized spacial score (nSPS) is 11.6. The molecule has 0 spiro atoms. The summed E-state index contributed by atoms with van der Waals surface area (Å²) in [5.41, 5.74) is 9.66. The van der Waals surface area contributed by atoms with Gasteiger partial charge in [-0.2, -0.15) is 0 Å². The van der Waals surface area contributed by atoms with E-state index in [4.69, 9.17) is 5.73 Å². The topological polar surface area (TPSA) is 29.3 Å². The van der Waals surface area contributed by atoms with Crippen LogP contribution < -0.4 is 10.6 Å². The van der Waals surface area contributed by atoms with Crippen LogP contribution in [0.15, 0.2) is 18.2 Å². The zero-order valence-electron chi connectivity index (χ0n) is 10.5. The smallest absolute Gasteiger partial charge is 0.0464 e. The molecule has 0 aliphatic carbocycles. The van der Waals surface area contributed by atoms with Gasteiger partial charge < -0.3 is 10.6 Å². The van der Waals surface area contributed by atoms with Crippen molar-refractivity contribution in [1.82, 2.24) is 0 Å². The number of aryl methyl sites for hydroxylation is 2. The standard InChI is InChI=1S/C13H22N2/c1-10-6-7-12(8-11(10)2)15(5)13(3,4)9-14/h6-8H,9,14H2,1-5H3. The summed E-state index contributed by atoms with van der Waals surface area (Å²) in [5.74, 6) is 0. The zero-order chi connectivity index (χ0) is 11.6. The van der Waals surface area contributed by atoms with E-state index < -0.39 is 0 Å². The lowest BCUT2D eigenvalue weighted by molar-refractivity contribution is 0.498. The van der Waals surface area contributed by atoms with E-state index in [0.29, 0.717) is 6.54 Å². The molecule has 1 rings (SSSR count). The number of hydrogen-bond acceptors (Lipinski definition) is 2. The van der Waals surface area contributed by atoms with E-state index in [0.717, 1.165) is 0 Å². The van der Waals surface area contributed by atoms with E-state index in [1.165, 1.54) is 16.8 Å². The van der Waals surface area contributed by atoms with Gasteiger partial charge in [0.25, 0.3) is 0 Å². The van der Waals surface area contributed by atoms with E-state index in [9.17, 15) is 0 Å². The van der Waals surface area contributed by atoms with Gasteiger partial charge in [0.05, 0.1) is 0 Å². The molecule has 15 heavy (non-hydrogen) atoms. The maximum Gasteiger partial charge on any atom is 0.0464 e. The number of hydrogen-bond donors (Lipinski definition) is 1. The molecule has 2 nitrogen and oxygen atoms in total. The molecule has 2 heteroatoms. The quantitative estimate of drug-likeness (QED) is 0.823. The molecule has 0 radical (unpaired) electrons. The monoisotopic (exact) mass is 206 g/mol. The van der Waals surface area contributed by atoms with Crippen molar-refractivity contribution in [2.45, 2.75) is 33.2 Å². The Bertz CT molecular complexity index is 342. The number of benzene rings is 1. The lowest BCUT2D eigenvalue weighted by Gasteiger charge is -2.36. The fraction of sp³-hybridized carbons (Fsp3) is 0.538. The van der Waals surface area contributed by atoms with Gasteiger partial charge in [-0.25, -0.2) is 0 Å². The van der Waals surface area contributed by atoms with E-state index in [1.807, 2.05) is 0 Å². The summed E-state index contributed by atoms with van der Waals surface area (Å²) < 4.78 is 0. The fourth-order valence-corrected chi connectivity index (χ4v) is 1.42. The minimum Gasteiger partial charge on any atom is -0.368 e. The van der Waals surface area contributed by atoms with Crippen LogP contribution >= 0.6 is 0 Å². The number of rotatable bonds is 3. The van der Waals surface area contributed by atoms with Crippen LogP contribution in [0.3, 0.4) is 0 Å². The predicted molar refractivity (Wildman–Crippen MR) is 67.5 cm³/mol. The molecule has 0 atom stereocenters. The Morgan fingerprint density at radius 1 is 1.20 bits per heavy atom. The lowest BCUT2D eigenvalue weighted by Crippen LogP contribution is -2.47. The van der Waals surface area contributed by atoms with Gasteiger partial charge in [0.1, 0.15) is 0 Å². The summed E-state index contributed by atoms with van der Waals surface area (Å²) in [4.78, 5) is 2.24. The summed E-state index contributed by atoms with van der Waals surface area (Å²) in [5, 5.41) is 0. The molecule has 84 valence electrons. The maximum absolute atomic E-state index is 5.77. The largest absolute Gasteiger partial charge is 0.368 e. The van der Waals surface area contributed by atoms with Gasteiger partial charge in [0.15, 0.2) is 0 Å². The van der Waals surface area contributed by atoms with Crippen molar-refractivity contribution in [3.05, 3.63) is 29.3 Å². The molecule has 0 saturated carbocycles. The van der Waals surface area contributed by atoms with E-state index >= 15 is 0 Å². The van der Waals surface area contributed by atoms with Crippen LogP contribution in [0, 0.1) is 13.8 Å². The zero-order valence-corrected chi connectivity index (χ0v) is 10.5. The summed E-state index contributed by atoms with van der Waals surface area (Å²) in [6.07, 6.45) is 0. The fourth-order valence-electron chi connectivity index (χ4n) is 1.42. The van der Waals surface area contributed by atoms with Crippen molar-refractivity contribution in [1.29, 1.82) is 0 Å². The van der Waals surface area contributed by atoms with Crippen molar-refractivity contribution in [2.75, 3.05) is 18.5 Å². The van der Waals surface area contributed by atoms with Gasteiger partial charge in [-0.05, 0) is 51.0 Å². The van der Waals surface area contributed by atoms with E-state index in [-0.39, 0.29) is 5.54 Å². The summed E-state index contributed by atoms with van der Waals surface area (Å²) in [6.45, 7) is 9.23. The van der Waals surface area contributed by atoms with Gasteiger partial charge in [0, 0.05) is 24.8 Å². The van der Waals surface area contributed by atoms with Crippen LogP contribution in [0.1, 0.15) is 25.0 Å². The Morgan fingerprint density at radius 3 is 2.27 bits per heavy atom. The minimum absolute atomic E-state index is 0.00168. The second-order valence-corrected chi connectivity index (χ2v) is 4.84. The summed E-state index contributed by atoms with van der Waals surface area (Å²) in [6, 6.07) is 6.53. The van der Waals surface area contributed by atoms with Gasteiger partial charge in [0.2, 0.25) is 0 Å². The molecule has 0 bridgehead atoms. The Morgan fingerprint density at radius 2 is 1.80 bits per heavy atom. The Kier molecular flexibility index (Phi) is 3.40. The second-order valence-electron chi connectivity index (χ2n) is 4.84. The van der Waals surface area contributed by atoms with Crippen LogP contribution in [0.25, 0.3) is 0 Å². The first-order valence-corrected chi connectivity index (χ1v) is 5.39. The highest BCUT2D eigenvalue weighted by Crippen LogP contribution is 2.23. The van der Waals surface area contributed by atoms with Gasteiger partial charge in [-0.3, -0.25) is 0 Å². The summed E-state index contributed by atoms with van der Waals surface area (Å²) >= 11 is 0. The highest BCUT2D eigenvalue weighted by molar-refractivity contribution is 5.51. The van der Waals surface area contributed by atoms with Gasteiger partial charge in [-0.1, -0.05) is 6.07 Å². The molecule has 2 N–H and O–H groups in total. The number of nitrogens with two attached hydrogens (primary N) is 1. The molecule has 0 aliphatic heterocycles. The average molecular weight is 206 g/mol. The van der Waals surface area contributed by atoms with Crippen molar-refractivity contribution < 1.29 is 0 Å². The maximum atomic E-state index is 5.77. The third kappa shape index (κ3) is 2.51. The Balaban J connectivity index is 3.02. The molecule has 1 aromatic carbocycles. The minimum atomic E-state index is 0.00168. The Labute approximate surface area is 93.1 Å². The van der Waals surface area contributed by atoms with E-state index in [1.54, 1.807) is 0 Å². The second kappa shape index (κ2) is 4.23. The molecule has 0 aliphatic rings. The molecular formula is C13H22N2. The van der Waals surface area contributed by atoms with Crippen molar-refractivity contribution in [3.63, 3.8) is 0 Å². The number of likely N-dealkylation sites (N-methyl/N-ethyl adjacent to an activating group) is 1. The first kappa shape index (κ1) is 12.1. The van der Waals surface area contributed by atoms with Gasteiger partial charge >= 0.3 is 0 Å². The van der Waals surface area contributed by atoms with Crippen molar-refractivity contribution in [3.8, 4) is 0 Å². The van der Waals surface area contributed by atoms with Crippen molar-refractivity contribution in [2.24, 2.45) is 5.73 Å². The SMILES string of the molecule is Cc1ccc(N(C)C(C)(C)CN)cc1C. The third-order valence-electron chi connectivity index (χ3n) is 3.29. The lowest BCUT2D eigenvalue weighted by atomic mass is 10.0. The molecule has 0 amide bonds. The highest BCUT2D eigenvalue weighted by Gasteiger charge is 2.21. The van der Waals surface area contributed by atoms with Crippen LogP contribution in [0.4, 0.5) is 5.69 Å². The van der Waals surface area contributed by atoms with Crippen LogP contribution in [0.5, 0.6) is 0 Å². The molecule has 0 heterocycles. The van der Waals surface area contributed by atoms with Crippen LogP contribution in [-0.2, 0) is 0 Å². The Hall–Kier alpha value is -1.02. The van der Waals surface area contributed by atoms with Crippen LogP contribution in [-0.4, -0.2) is 19.1 Å². The molecule has 0 unspecified atom stereocenters. The molecule has 0 fully saturated rings. The first-order valence-electron chi connectivity index (χ1n) is 5.39. The first-order chi connectivity index (χ1) is 6.88. The van der Waals surface area contributed by atoms with Crippen LogP contribution in [0.2, 0.25) is 0 Å². The molecule has 0 saturated heterocycles. The summed E-state index contributed by atoms with van der Waals surface area (Å²) in [7, 11) is 2.09. The molecular weight excluding hydrogens is 184 g/mol. The number of anilines is 1. The average Bonchev–Trinajstić information content (AvgIpc) is 2.21. The highest BCUT2D eigenvalue weighted by atomic mass is 15.2. The molecule has 0 aromatic heterocycles. The van der Waals surface area contributed by atoms with Gasteiger partial charge in [-0.15, -0.1) is 0 Å². The number of nitrogens with zero attached hydrogens (tertiary/aromatic N) is 1. The van der Waals surface area contributed by atoms with Crippen molar-refractivity contribution >= 4 is 5.69 Å².